The quantitative estimate of drug-likeness (QED) is 0.0612. The summed E-state index contributed by atoms with van der Waals surface area (Å²) in [5.74, 6) is 0. The van der Waals surface area contributed by atoms with Crippen LogP contribution < -0.4 is 5.32 Å². The van der Waals surface area contributed by atoms with Gasteiger partial charge < -0.3 is 15.1 Å². The van der Waals surface area contributed by atoms with Gasteiger partial charge in [-0.15, -0.1) is 0 Å². The number of hydrogen-bond donors (Lipinski definition) is 1. The molecule has 5 heteroatoms. The van der Waals surface area contributed by atoms with Crippen molar-refractivity contribution in [3.8, 4) is 0 Å². The van der Waals surface area contributed by atoms with Crippen LogP contribution in [0.5, 0.6) is 0 Å². The topological polar surface area (TPSA) is 25.0 Å². The zero-order chi connectivity index (χ0) is 53.8. The molecule has 75 heavy (non-hydrogen) atoms. The van der Waals surface area contributed by atoms with Crippen LogP contribution in [0.3, 0.4) is 0 Å². The van der Waals surface area contributed by atoms with Gasteiger partial charge in [-0.05, 0) is 77.8 Å². The number of rotatable bonds is 64. The first kappa shape index (κ1) is 72.8. The molecule has 0 aliphatic carbocycles. The van der Waals surface area contributed by atoms with E-state index in [1.165, 1.54) is 413 Å². The van der Waals surface area contributed by atoms with Gasteiger partial charge >= 0.3 is 0 Å². The molecule has 0 aromatic carbocycles. The number of hydrogen-bond acceptors (Lipinski definition) is 5. The molecule has 1 fully saturated rings. The fourth-order valence-corrected chi connectivity index (χ4v) is 12.4. The highest BCUT2D eigenvalue weighted by Crippen LogP contribution is 2.19. The van der Waals surface area contributed by atoms with Crippen LogP contribution in [-0.4, -0.2) is 111 Å². The SMILES string of the molecule is CCCCCCCCCCCCNCCN1CCN(CCN(CCCCCCCCCCCC)CCCCCCCCCCCC)CC1CCN(CCCCCCCCCCCC)CCCCCCCCCCCC. The second-order valence-electron chi connectivity index (χ2n) is 25.1. The van der Waals surface area contributed by atoms with E-state index in [1.807, 2.05) is 0 Å². The van der Waals surface area contributed by atoms with E-state index >= 15 is 0 Å². The van der Waals surface area contributed by atoms with E-state index in [4.69, 9.17) is 0 Å². The van der Waals surface area contributed by atoms with Crippen molar-refractivity contribution in [1.82, 2.24) is 24.9 Å². The van der Waals surface area contributed by atoms with E-state index in [2.05, 4.69) is 59.5 Å². The summed E-state index contributed by atoms with van der Waals surface area (Å²) in [7, 11) is 0. The number of piperazine rings is 1. The maximum atomic E-state index is 3.94. The summed E-state index contributed by atoms with van der Waals surface area (Å²) in [6.45, 7) is 28.3. The first-order chi connectivity index (χ1) is 37.2. The number of nitrogens with one attached hydrogen (secondary N) is 1. The molecular weight excluding hydrogens is 911 g/mol. The van der Waals surface area contributed by atoms with Crippen LogP contribution in [0.1, 0.15) is 362 Å². The molecule has 1 rings (SSSR count). The zero-order valence-electron chi connectivity index (χ0n) is 53.1. The molecule has 1 atom stereocenters. The fraction of sp³-hybridized carbons (Fsp3) is 1.00. The van der Waals surface area contributed by atoms with Crippen molar-refractivity contribution < 1.29 is 0 Å². The van der Waals surface area contributed by atoms with Gasteiger partial charge in [-0.25, -0.2) is 0 Å². The highest BCUT2D eigenvalue weighted by Gasteiger charge is 2.27. The predicted molar refractivity (Wildman–Crippen MR) is 341 cm³/mol. The average Bonchev–Trinajstić information content (AvgIpc) is 3.42. The summed E-state index contributed by atoms with van der Waals surface area (Å²) >= 11 is 0. The maximum absolute atomic E-state index is 3.94. The first-order valence-electron chi connectivity index (χ1n) is 35.8. The number of nitrogens with zero attached hydrogens (tertiary/aromatic N) is 4. The minimum atomic E-state index is 0.693. The molecule has 450 valence electrons. The van der Waals surface area contributed by atoms with Crippen molar-refractivity contribution in [2.75, 3.05) is 85.1 Å². The Morgan fingerprint density at radius 3 is 0.880 bits per heavy atom. The maximum Gasteiger partial charge on any atom is 0.0236 e. The third-order valence-electron chi connectivity index (χ3n) is 17.8. The molecular formula is C70H145N5. The Kier molecular flexibility index (Phi) is 59.6. The number of unbranched alkanes of at least 4 members (excludes halogenated alkanes) is 45. The Bertz CT molecular complexity index is 990. The van der Waals surface area contributed by atoms with Gasteiger partial charge in [-0.1, -0.05) is 324 Å². The molecule has 0 bridgehead atoms. The van der Waals surface area contributed by atoms with Gasteiger partial charge in [-0.2, -0.15) is 0 Å². The van der Waals surface area contributed by atoms with Crippen molar-refractivity contribution in [3.63, 3.8) is 0 Å². The predicted octanol–water partition coefficient (Wildman–Crippen LogP) is 21.2. The minimum absolute atomic E-state index is 0.693. The largest absolute Gasteiger partial charge is 0.315 e. The summed E-state index contributed by atoms with van der Waals surface area (Å²) < 4.78 is 0. The van der Waals surface area contributed by atoms with Crippen LogP contribution in [-0.2, 0) is 0 Å². The van der Waals surface area contributed by atoms with Crippen LogP contribution in [0, 0.1) is 0 Å². The lowest BCUT2D eigenvalue weighted by atomic mass is 10.0. The van der Waals surface area contributed by atoms with Crippen molar-refractivity contribution in [2.24, 2.45) is 0 Å². The van der Waals surface area contributed by atoms with Crippen LogP contribution in [0.25, 0.3) is 0 Å². The average molecular weight is 1060 g/mol. The van der Waals surface area contributed by atoms with Gasteiger partial charge in [0.25, 0.3) is 0 Å². The van der Waals surface area contributed by atoms with E-state index in [0.29, 0.717) is 6.04 Å². The lowest BCUT2D eigenvalue weighted by Gasteiger charge is -2.43. The van der Waals surface area contributed by atoms with Crippen LogP contribution in [0.2, 0.25) is 0 Å². The smallest absolute Gasteiger partial charge is 0.0236 e. The van der Waals surface area contributed by atoms with Gasteiger partial charge in [0, 0.05) is 51.9 Å². The van der Waals surface area contributed by atoms with E-state index in [1.54, 1.807) is 0 Å². The van der Waals surface area contributed by atoms with Crippen LogP contribution in [0.4, 0.5) is 0 Å². The monoisotopic (exact) mass is 1060 g/mol. The first-order valence-corrected chi connectivity index (χ1v) is 35.8. The van der Waals surface area contributed by atoms with Gasteiger partial charge in [-0.3, -0.25) is 9.80 Å². The molecule has 0 radical (unpaired) electrons. The molecule has 0 spiro atoms. The standard InChI is InChI=1S/C70H145N5/c1-6-11-16-21-26-31-36-41-46-51-57-71-58-64-75-68-67-74(66-65-73(61-54-49-44-39-34-29-24-19-14-9-4)62-55-50-45-40-35-30-25-20-15-10-5)69-70(75)56-63-72(59-52-47-42-37-32-27-22-17-12-7-2)60-53-48-43-38-33-28-23-18-13-8-3/h70-71H,6-69H2,1-5H3. The molecule has 1 aliphatic heterocycles. The zero-order valence-corrected chi connectivity index (χ0v) is 53.1. The summed E-state index contributed by atoms with van der Waals surface area (Å²) in [4.78, 5) is 11.8. The molecule has 1 N–H and O–H groups in total. The normalized spacial score (nSPS) is 14.7. The second-order valence-corrected chi connectivity index (χ2v) is 25.1. The Morgan fingerprint density at radius 1 is 0.280 bits per heavy atom. The Hall–Kier alpha value is -0.200. The second kappa shape index (κ2) is 61.4. The Morgan fingerprint density at radius 2 is 0.560 bits per heavy atom. The minimum Gasteiger partial charge on any atom is -0.315 e. The lowest BCUT2D eigenvalue weighted by Crippen LogP contribution is -2.56. The summed E-state index contributed by atoms with van der Waals surface area (Å²) in [5.41, 5.74) is 0. The third-order valence-corrected chi connectivity index (χ3v) is 17.8. The van der Waals surface area contributed by atoms with Crippen molar-refractivity contribution in [1.29, 1.82) is 0 Å². The molecule has 1 unspecified atom stereocenters. The molecule has 0 saturated carbocycles. The highest BCUT2D eigenvalue weighted by molar-refractivity contribution is 4.84. The lowest BCUT2D eigenvalue weighted by molar-refractivity contribution is 0.0569. The molecule has 1 heterocycles. The van der Waals surface area contributed by atoms with E-state index in [0.717, 1.165) is 0 Å². The summed E-state index contributed by atoms with van der Waals surface area (Å²) in [5, 5.41) is 3.94. The molecule has 1 saturated heterocycles. The highest BCUT2D eigenvalue weighted by atomic mass is 15.3. The van der Waals surface area contributed by atoms with E-state index in [-0.39, 0.29) is 0 Å². The van der Waals surface area contributed by atoms with Gasteiger partial charge in [0.1, 0.15) is 0 Å². The van der Waals surface area contributed by atoms with Crippen LogP contribution >= 0.6 is 0 Å². The molecule has 1 aliphatic rings. The van der Waals surface area contributed by atoms with E-state index < -0.39 is 0 Å². The van der Waals surface area contributed by atoms with Gasteiger partial charge in [0.15, 0.2) is 0 Å². The molecule has 0 aromatic rings. The fourth-order valence-electron chi connectivity index (χ4n) is 12.4. The van der Waals surface area contributed by atoms with Gasteiger partial charge in [0.2, 0.25) is 0 Å². The van der Waals surface area contributed by atoms with Crippen molar-refractivity contribution in [2.45, 2.75) is 368 Å². The van der Waals surface area contributed by atoms with Crippen LogP contribution in [0.15, 0.2) is 0 Å². The van der Waals surface area contributed by atoms with Crippen molar-refractivity contribution >= 4 is 0 Å². The molecule has 5 nitrogen and oxygen atoms in total. The van der Waals surface area contributed by atoms with E-state index in [9.17, 15) is 0 Å². The molecule has 0 amide bonds. The molecule has 0 aromatic heterocycles. The van der Waals surface area contributed by atoms with Crippen molar-refractivity contribution in [3.05, 3.63) is 0 Å². The Labute approximate surface area is 476 Å². The summed E-state index contributed by atoms with van der Waals surface area (Å²) in [6, 6.07) is 0.693. The third kappa shape index (κ3) is 51.7. The summed E-state index contributed by atoms with van der Waals surface area (Å²) in [6.07, 6.45) is 73.2. The Balaban J connectivity index is 2.88. The van der Waals surface area contributed by atoms with Gasteiger partial charge in [0.05, 0.1) is 0 Å².